The van der Waals surface area contributed by atoms with Gasteiger partial charge in [-0.15, -0.1) is 0 Å². The zero-order valence-corrected chi connectivity index (χ0v) is 18.0. The third kappa shape index (κ3) is 4.06. The summed E-state index contributed by atoms with van der Waals surface area (Å²) in [6, 6.07) is 11.8. The predicted octanol–water partition coefficient (Wildman–Crippen LogP) is 3.55. The summed E-state index contributed by atoms with van der Waals surface area (Å²) in [6.45, 7) is 3.31. The first-order valence-electron chi connectivity index (χ1n) is 10.5. The second-order valence-corrected chi connectivity index (χ2v) is 8.11. The zero-order valence-electron chi connectivity index (χ0n) is 18.0. The first-order valence-corrected chi connectivity index (χ1v) is 10.5. The van der Waals surface area contributed by atoms with Gasteiger partial charge in [-0.25, -0.2) is 4.79 Å². The van der Waals surface area contributed by atoms with Crippen molar-refractivity contribution < 1.29 is 23.9 Å². The van der Waals surface area contributed by atoms with Crippen LogP contribution in [0.25, 0.3) is 0 Å². The van der Waals surface area contributed by atoms with E-state index in [1.807, 2.05) is 44.2 Å². The number of carbonyl (C=O) groups excluding carboxylic acids is 4. The molecule has 0 radical (unpaired) electrons. The summed E-state index contributed by atoms with van der Waals surface area (Å²) >= 11 is 0. The van der Waals surface area contributed by atoms with E-state index in [9.17, 15) is 19.2 Å². The second-order valence-electron chi connectivity index (χ2n) is 8.11. The summed E-state index contributed by atoms with van der Waals surface area (Å²) in [4.78, 5) is 51.5. The molecule has 3 amide bonds. The average Bonchev–Trinajstić information content (AvgIpc) is 3.05. The first kappa shape index (κ1) is 21.5. The number of allylic oxidation sites excluding steroid dienone is 2. The molecular weight excluding hydrogens is 408 g/mol. The van der Waals surface area contributed by atoms with Gasteiger partial charge >= 0.3 is 5.97 Å². The number of rotatable bonds is 5. The standard InChI is InChI=1S/C25H24N2O5/c1-15-7-5-8-16(2)22(15)26-21(28)14-32-25(31)17-9-6-10-18(13-17)27-23(29)19-11-3-4-12-20(19)24(27)30/h3-10,13,19-20H,11-12,14H2,1-2H3,(H,26,28)/t19-,20+. The van der Waals surface area contributed by atoms with Crippen molar-refractivity contribution in [1.82, 2.24) is 0 Å². The number of hydrogen-bond acceptors (Lipinski definition) is 5. The maximum atomic E-state index is 12.8. The molecule has 0 bridgehead atoms. The van der Waals surface area contributed by atoms with E-state index >= 15 is 0 Å². The quantitative estimate of drug-likeness (QED) is 0.443. The summed E-state index contributed by atoms with van der Waals surface area (Å²) < 4.78 is 5.16. The van der Waals surface area contributed by atoms with Gasteiger partial charge in [0.15, 0.2) is 6.61 Å². The number of fused-ring (bicyclic) bond motifs is 1. The van der Waals surface area contributed by atoms with Crippen LogP contribution < -0.4 is 10.2 Å². The van der Waals surface area contributed by atoms with Crippen molar-refractivity contribution in [2.75, 3.05) is 16.8 Å². The highest BCUT2D eigenvalue weighted by Gasteiger charge is 2.47. The maximum Gasteiger partial charge on any atom is 0.338 e. The van der Waals surface area contributed by atoms with Gasteiger partial charge in [0.05, 0.1) is 23.1 Å². The summed E-state index contributed by atoms with van der Waals surface area (Å²) in [6.07, 6.45) is 4.94. The van der Waals surface area contributed by atoms with Crippen molar-refractivity contribution in [3.8, 4) is 0 Å². The molecule has 32 heavy (non-hydrogen) atoms. The van der Waals surface area contributed by atoms with Gasteiger partial charge in [0, 0.05) is 5.69 Å². The summed E-state index contributed by atoms with van der Waals surface area (Å²) in [5, 5.41) is 2.76. The minimum absolute atomic E-state index is 0.163. The van der Waals surface area contributed by atoms with Crippen LogP contribution in [0.2, 0.25) is 0 Å². The largest absolute Gasteiger partial charge is 0.452 e. The maximum absolute atomic E-state index is 12.8. The molecule has 0 unspecified atom stereocenters. The van der Waals surface area contributed by atoms with Crippen molar-refractivity contribution in [2.24, 2.45) is 11.8 Å². The van der Waals surface area contributed by atoms with Crippen LogP contribution in [-0.4, -0.2) is 30.3 Å². The monoisotopic (exact) mass is 432 g/mol. The Morgan fingerprint density at radius 2 is 1.56 bits per heavy atom. The molecule has 1 aliphatic carbocycles. The molecule has 2 atom stereocenters. The lowest BCUT2D eigenvalue weighted by molar-refractivity contribution is -0.122. The van der Waals surface area contributed by atoms with Gasteiger partial charge in [-0.2, -0.15) is 0 Å². The van der Waals surface area contributed by atoms with Gasteiger partial charge in [-0.05, 0) is 56.0 Å². The number of hydrogen-bond donors (Lipinski definition) is 1. The Balaban J connectivity index is 1.42. The lowest BCUT2D eigenvalue weighted by Gasteiger charge is -2.16. The van der Waals surface area contributed by atoms with Crippen LogP contribution in [0.4, 0.5) is 11.4 Å². The smallest absolute Gasteiger partial charge is 0.338 e. The molecule has 7 heteroatoms. The number of imide groups is 1. The molecule has 2 aromatic carbocycles. The van der Waals surface area contributed by atoms with Crippen molar-refractivity contribution in [2.45, 2.75) is 26.7 Å². The Hall–Kier alpha value is -3.74. The van der Waals surface area contributed by atoms with E-state index in [0.717, 1.165) is 16.0 Å². The van der Waals surface area contributed by atoms with E-state index in [4.69, 9.17) is 4.74 Å². The van der Waals surface area contributed by atoms with Gasteiger partial charge in [-0.3, -0.25) is 19.3 Å². The Kier molecular flexibility index (Phi) is 5.90. The molecule has 1 N–H and O–H groups in total. The summed E-state index contributed by atoms with van der Waals surface area (Å²) in [7, 11) is 0. The first-order chi connectivity index (χ1) is 15.4. The highest BCUT2D eigenvalue weighted by molar-refractivity contribution is 6.22. The lowest BCUT2D eigenvalue weighted by Crippen LogP contribution is -2.31. The van der Waals surface area contributed by atoms with E-state index in [0.29, 0.717) is 24.2 Å². The highest BCUT2D eigenvalue weighted by Crippen LogP contribution is 2.37. The van der Waals surface area contributed by atoms with Crippen LogP contribution in [0.1, 0.15) is 34.3 Å². The average molecular weight is 432 g/mol. The van der Waals surface area contributed by atoms with Crippen LogP contribution in [0, 0.1) is 25.7 Å². The second kappa shape index (κ2) is 8.78. The Bertz CT molecular complexity index is 1090. The SMILES string of the molecule is Cc1cccc(C)c1NC(=O)COC(=O)c1cccc(N2C(=O)[C@H]3CC=CC[C@H]3C2=O)c1. The molecule has 4 rings (SSSR count). The van der Waals surface area contributed by atoms with Crippen molar-refractivity contribution in [3.05, 3.63) is 71.3 Å². The molecule has 1 saturated heterocycles. The lowest BCUT2D eigenvalue weighted by atomic mass is 9.85. The fourth-order valence-corrected chi connectivity index (χ4v) is 4.23. The fourth-order valence-electron chi connectivity index (χ4n) is 4.23. The molecule has 0 saturated carbocycles. The van der Waals surface area contributed by atoms with Gasteiger partial charge in [0.25, 0.3) is 5.91 Å². The molecule has 7 nitrogen and oxygen atoms in total. The number of anilines is 2. The molecule has 1 aliphatic heterocycles. The van der Waals surface area contributed by atoms with E-state index in [1.54, 1.807) is 12.1 Å². The number of aryl methyl sites for hydroxylation is 2. The van der Waals surface area contributed by atoms with E-state index in [1.165, 1.54) is 12.1 Å². The molecule has 2 aliphatic rings. The Morgan fingerprint density at radius 1 is 0.969 bits per heavy atom. The normalized spacial score (nSPS) is 19.6. The molecule has 1 heterocycles. The zero-order chi connectivity index (χ0) is 22.8. The number of amides is 3. The van der Waals surface area contributed by atoms with Crippen LogP contribution in [0.5, 0.6) is 0 Å². The van der Waals surface area contributed by atoms with Gasteiger partial charge in [0.1, 0.15) is 0 Å². The van der Waals surface area contributed by atoms with Crippen LogP contribution in [0.15, 0.2) is 54.6 Å². The topological polar surface area (TPSA) is 92.8 Å². The van der Waals surface area contributed by atoms with Crippen LogP contribution in [-0.2, 0) is 19.1 Å². The van der Waals surface area contributed by atoms with Crippen LogP contribution in [0.3, 0.4) is 0 Å². The molecule has 1 fully saturated rings. The predicted molar refractivity (Wildman–Crippen MR) is 119 cm³/mol. The number of nitrogens with one attached hydrogen (secondary N) is 1. The molecule has 2 aromatic rings. The van der Waals surface area contributed by atoms with Crippen molar-refractivity contribution >= 4 is 35.1 Å². The minimum atomic E-state index is -0.707. The number of nitrogens with zero attached hydrogens (tertiary/aromatic N) is 1. The number of ether oxygens (including phenoxy) is 1. The summed E-state index contributed by atoms with van der Waals surface area (Å²) in [5.74, 6) is -2.35. The molecule has 164 valence electrons. The van der Waals surface area contributed by atoms with Crippen LogP contribution >= 0.6 is 0 Å². The van der Waals surface area contributed by atoms with Gasteiger partial charge < -0.3 is 10.1 Å². The number of para-hydroxylation sites is 1. The van der Waals surface area contributed by atoms with Gasteiger partial charge in [-0.1, -0.05) is 36.4 Å². The molecule has 0 aromatic heterocycles. The third-order valence-corrected chi connectivity index (χ3v) is 5.93. The number of carbonyl (C=O) groups is 4. The minimum Gasteiger partial charge on any atom is -0.452 e. The molecular formula is C25H24N2O5. The van der Waals surface area contributed by atoms with Crippen molar-refractivity contribution in [1.29, 1.82) is 0 Å². The fraction of sp³-hybridized carbons (Fsp3) is 0.280. The highest BCUT2D eigenvalue weighted by atomic mass is 16.5. The van der Waals surface area contributed by atoms with Crippen molar-refractivity contribution in [3.63, 3.8) is 0 Å². The van der Waals surface area contributed by atoms with E-state index in [-0.39, 0.29) is 29.2 Å². The number of benzene rings is 2. The van der Waals surface area contributed by atoms with E-state index in [2.05, 4.69) is 5.32 Å². The Morgan fingerprint density at radius 3 is 2.19 bits per heavy atom. The van der Waals surface area contributed by atoms with Gasteiger partial charge in [0.2, 0.25) is 11.8 Å². The number of esters is 1. The molecule has 0 spiro atoms. The third-order valence-electron chi connectivity index (χ3n) is 5.93. The van der Waals surface area contributed by atoms with E-state index < -0.39 is 18.5 Å². The summed E-state index contributed by atoms with van der Waals surface area (Å²) in [5.41, 5.74) is 3.01. The Labute approximate surface area is 186 Å².